The van der Waals surface area contributed by atoms with Crippen molar-refractivity contribution in [3.8, 4) is 11.4 Å². The van der Waals surface area contributed by atoms with Crippen molar-refractivity contribution in [2.75, 3.05) is 5.75 Å². The van der Waals surface area contributed by atoms with E-state index in [2.05, 4.69) is 15.1 Å². The van der Waals surface area contributed by atoms with Crippen LogP contribution in [0.1, 0.15) is 5.89 Å². The van der Waals surface area contributed by atoms with Gasteiger partial charge in [0.25, 0.3) is 0 Å². The minimum Gasteiger partial charge on any atom is -0.481 e. The zero-order chi connectivity index (χ0) is 13.9. The van der Waals surface area contributed by atoms with Crippen molar-refractivity contribution >= 4 is 39.3 Å². The van der Waals surface area contributed by atoms with Gasteiger partial charge in [-0.05, 0) is 17.5 Å². The number of hydrogen-bond acceptors (Lipinski definition) is 7. The number of carboxylic acid groups (broad SMARTS) is 1. The summed E-state index contributed by atoms with van der Waals surface area (Å²) in [7, 11) is 0. The highest BCUT2D eigenvalue weighted by Crippen LogP contribution is 2.24. The Hall–Kier alpha value is -1.93. The number of hydrogen-bond donors (Lipinski definition) is 1. The Bertz CT molecular complexity index is 753. The molecule has 3 rings (SSSR count). The largest absolute Gasteiger partial charge is 0.481 e. The molecule has 3 heterocycles. The Morgan fingerprint density at radius 3 is 3.25 bits per heavy atom. The van der Waals surface area contributed by atoms with Crippen molar-refractivity contribution in [3.63, 3.8) is 0 Å². The number of nitrogens with zero attached hydrogens (tertiary/aromatic N) is 3. The number of fused-ring (bicyclic) bond motifs is 1. The summed E-state index contributed by atoms with van der Waals surface area (Å²) < 4.78 is 6.16. The molecule has 0 atom stereocenters. The van der Waals surface area contributed by atoms with Crippen molar-refractivity contribution in [2.45, 2.75) is 5.75 Å². The van der Waals surface area contributed by atoms with E-state index in [1.54, 1.807) is 17.5 Å². The average molecular weight is 307 g/mol. The smallest absolute Gasteiger partial charge is 0.313 e. The molecule has 1 N–H and O–H groups in total. The normalized spacial score (nSPS) is 11.0. The highest BCUT2D eigenvalue weighted by molar-refractivity contribution is 7.99. The molecule has 0 aromatic carbocycles. The maximum atomic E-state index is 10.4. The summed E-state index contributed by atoms with van der Waals surface area (Å²) in [6.07, 6.45) is 1.70. The maximum absolute atomic E-state index is 10.4. The van der Waals surface area contributed by atoms with Crippen LogP contribution in [0.15, 0.2) is 28.2 Å². The van der Waals surface area contributed by atoms with Crippen LogP contribution < -0.4 is 0 Å². The zero-order valence-electron chi connectivity index (χ0n) is 10.1. The van der Waals surface area contributed by atoms with E-state index in [1.807, 2.05) is 17.5 Å². The van der Waals surface area contributed by atoms with E-state index in [0.717, 1.165) is 15.8 Å². The van der Waals surface area contributed by atoms with Gasteiger partial charge in [0.1, 0.15) is 0 Å². The predicted octanol–water partition coefficient (Wildman–Crippen LogP) is 2.66. The molecule has 0 aliphatic carbocycles. The summed E-state index contributed by atoms with van der Waals surface area (Å²) in [6.45, 7) is 0. The monoisotopic (exact) mass is 307 g/mol. The number of carboxylic acids is 1. The lowest BCUT2D eigenvalue weighted by molar-refractivity contribution is -0.133. The molecule has 0 aliphatic heterocycles. The van der Waals surface area contributed by atoms with E-state index in [9.17, 15) is 4.79 Å². The van der Waals surface area contributed by atoms with Crippen LogP contribution in [0.5, 0.6) is 0 Å². The molecular formula is C12H9N3O3S2. The maximum Gasteiger partial charge on any atom is 0.313 e. The van der Waals surface area contributed by atoms with E-state index >= 15 is 0 Å². The first-order chi connectivity index (χ1) is 9.72. The fourth-order valence-corrected chi connectivity index (χ4v) is 2.97. The van der Waals surface area contributed by atoms with Crippen molar-refractivity contribution < 1.29 is 14.4 Å². The minimum atomic E-state index is -0.859. The Labute approximate surface area is 121 Å². The molecule has 0 radical (unpaired) electrons. The van der Waals surface area contributed by atoms with Gasteiger partial charge in [-0.3, -0.25) is 9.78 Å². The summed E-state index contributed by atoms with van der Waals surface area (Å²) in [5.74, 6) is 0.423. The van der Waals surface area contributed by atoms with Gasteiger partial charge in [0.2, 0.25) is 11.7 Å². The Morgan fingerprint density at radius 2 is 2.40 bits per heavy atom. The number of pyridine rings is 1. The third-order valence-electron chi connectivity index (χ3n) is 2.48. The summed E-state index contributed by atoms with van der Waals surface area (Å²) in [6, 6.07) is 3.92. The molecule has 0 spiro atoms. The van der Waals surface area contributed by atoms with Gasteiger partial charge in [-0.25, -0.2) is 0 Å². The SMILES string of the molecule is O=C(O)CSCc1nc(-c2cnc3ccsc3c2)no1. The first-order valence-electron chi connectivity index (χ1n) is 5.68. The van der Waals surface area contributed by atoms with E-state index in [4.69, 9.17) is 9.63 Å². The second-order valence-corrected chi connectivity index (χ2v) is 5.86. The van der Waals surface area contributed by atoms with Gasteiger partial charge in [-0.1, -0.05) is 5.16 Å². The van der Waals surface area contributed by atoms with Crippen molar-refractivity contribution in [1.82, 2.24) is 15.1 Å². The van der Waals surface area contributed by atoms with Crippen molar-refractivity contribution in [3.05, 3.63) is 29.6 Å². The van der Waals surface area contributed by atoms with Gasteiger partial charge in [-0.2, -0.15) is 4.98 Å². The molecule has 3 aromatic rings. The molecule has 6 nitrogen and oxygen atoms in total. The second-order valence-electron chi connectivity index (χ2n) is 3.93. The van der Waals surface area contributed by atoms with E-state index in [1.165, 1.54) is 11.8 Å². The standard InChI is InChI=1S/C12H9N3O3S2/c16-11(17)6-19-5-10-14-12(15-18-10)7-3-9-8(13-4-7)1-2-20-9/h1-4H,5-6H2,(H,16,17). The highest BCUT2D eigenvalue weighted by atomic mass is 32.2. The number of thiophene rings is 1. The van der Waals surface area contributed by atoms with Crippen LogP contribution in [0.4, 0.5) is 0 Å². The molecule has 20 heavy (non-hydrogen) atoms. The second kappa shape index (κ2) is 5.59. The predicted molar refractivity (Wildman–Crippen MR) is 76.7 cm³/mol. The number of rotatable bonds is 5. The topological polar surface area (TPSA) is 89.1 Å². The Kier molecular flexibility index (Phi) is 3.66. The number of thioether (sulfide) groups is 1. The number of carbonyl (C=O) groups is 1. The fourth-order valence-electron chi connectivity index (χ4n) is 1.63. The van der Waals surface area contributed by atoms with Crippen LogP contribution in [-0.4, -0.2) is 32.0 Å². The van der Waals surface area contributed by atoms with E-state index < -0.39 is 5.97 Å². The number of aromatic nitrogens is 3. The van der Waals surface area contributed by atoms with Crippen LogP contribution in [0, 0.1) is 0 Å². The fraction of sp³-hybridized carbons (Fsp3) is 0.167. The highest BCUT2D eigenvalue weighted by Gasteiger charge is 2.10. The van der Waals surface area contributed by atoms with Gasteiger partial charge in [0.05, 0.1) is 21.7 Å². The molecule has 102 valence electrons. The summed E-state index contributed by atoms with van der Waals surface area (Å²) in [4.78, 5) is 19.0. The number of aliphatic carboxylic acids is 1. The van der Waals surface area contributed by atoms with Gasteiger partial charge < -0.3 is 9.63 Å². The zero-order valence-corrected chi connectivity index (χ0v) is 11.8. The van der Waals surface area contributed by atoms with E-state index in [0.29, 0.717) is 17.5 Å². The lowest BCUT2D eigenvalue weighted by Crippen LogP contribution is -1.98. The lowest BCUT2D eigenvalue weighted by Gasteiger charge is -1.93. The Balaban J connectivity index is 1.76. The quantitative estimate of drug-likeness (QED) is 0.775. The third kappa shape index (κ3) is 2.81. The molecule has 8 heteroatoms. The molecule has 0 fully saturated rings. The lowest BCUT2D eigenvalue weighted by atomic mass is 10.2. The van der Waals surface area contributed by atoms with Crippen molar-refractivity contribution in [2.24, 2.45) is 0 Å². The summed E-state index contributed by atoms with van der Waals surface area (Å²) >= 11 is 2.82. The third-order valence-corrected chi connectivity index (χ3v) is 4.24. The van der Waals surface area contributed by atoms with Gasteiger partial charge in [0, 0.05) is 11.8 Å². The van der Waals surface area contributed by atoms with Crippen LogP contribution in [0.2, 0.25) is 0 Å². The molecule has 0 saturated carbocycles. The van der Waals surface area contributed by atoms with E-state index in [-0.39, 0.29) is 5.75 Å². The molecule has 0 unspecified atom stereocenters. The summed E-state index contributed by atoms with van der Waals surface area (Å²) in [5.41, 5.74) is 1.73. The summed E-state index contributed by atoms with van der Waals surface area (Å²) in [5, 5.41) is 14.4. The van der Waals surface area contributed by atoms with Crippen LogP contribution in [0.25, 0.3) is 21.6 Å². The molecule has 0 saturated heterocycles. The average Bonchev–Trinajstić information content (AvgIpc) is 3.05. The van der Waals surface area contributed by atoms with Crippen molar-refractivity contribution in [1.29, 1.82) is 0 Å². The van der Waals surface area contributed by atoms with Crippen LogP contribution >= 0.6 is 23.1 Å². The minimum absolute atomic E-state index is 0.0143. The van der Waals surface area contributed by atoms with Gasteiger partial charge >= 0.3 is 5.97 Å². The first-order valence-corrected chi connectivity index (χ1v) is 7.71. The van der Waals surface area contributed by atoms with Crippen LogP contribution in [-0.2, 0) is 10.5 Å². The molecule has 0 aliphatic rings. The first kappa shape index (κ1) is 13.1. The molecule has 0 bridgehead atoms. The molecule has 0 amide bonds. The van der Waals surface area contributed by atoms with Crippen LogP contribution in [0.3, 0.4) is 0 Å². The molecule has 3 aromatic heterocycles. The Morgan fingerprint density at radius 1 is 1.50 bits per heavy atom. The van der Waals surface area contributed by atoms with Gasteiger partial charge in [0.15, 0.2) is 0 Å². The van der Waals surface area contributed by atoms with Gasteiger partial charge in [-0.15, -0.1) is 23.1 Å². The molecular weight excluding hydrogens is 298 g/mol.